The SMILES string of the molecule is Cc1cc(/C=N\Nc2ncccc2[N+](=O)[O-])c(C)n1C(C)C. The fraction of sp³-hybridized carbons (Fsp3) is 0.333. The number of rotatable bonds is 5. The topological polar surface area (TPSA) is 85.3 Å². The minimum absolute atomic E-state index is 0.104. The smallest absolute Gasteiger partial charge is 0.313 e. The molecule has 0 aliphatic heterocycles. The van der Waals surface area contributed by atoms with Crippen LogP contribution in [-0.4, -0.2) is 20.7 Å². The maximum Gasteiger partial charge on any atom is 0.313 e. The zero-order valence-electron chi connectivity index (χ0n) is 13.1. The maximum atomic E-state index is 10.9. The van der Waals surface area contributed by atoms with Gasteiger partial charge in [0.2, 0.25) is 5.82 Å². The summed E-state index contributed by atoms with van der Waals surface area (Å²) in [7, 11) is 0. The highest BCUT2D eigenvalue weighted by molar-refractivity contribution is 5.82. The van der Waals surface area contributed by atoms with Gasteiger partial charge in [0.25, 0.3) is 0 Å². The van der Waals surface area contributed by atoms with Gasteiger partial charge in [0.15, 0.2) is 0 Å². The predicted molar refractivity (Wildman–Crippen MR) is 86.4 cm³/mol. The van der Waals surface area contributed by atoms with Gasteiger partial charge in [0.05, 0.1) is 11.1 Å². The molecule has 7 nitrogen and oxygen atoms in total. The van der Waals surface area contributed by atoms with Crippen LogP contribution in [0.2, 0.25) is 0 Å². The van der Waals surface area contributed by atoms with Gasteiger partial charge >= 0.3 is 5.69 Å². The molecule has 0 aliphatic rings. The Labute approximate surface area is 128 Å². The molecule has 7 heteroatoms. The lowest BCUT2D eigenvalue weighted by Crippen LogP contribution is -2.05. The summed E-state index contributed by atoms with van der Waals surface area (Å²) in [6.45, 7) is 8.31. The highest BCUT2D eigenvalue weighted by Gasteiger charge is 2.13. The Kier molecular flexibility index (Phi) is 4.55. The largest absolute Gasteiger partial charge is 0.346 e. The third-order valence-electron chi connectivity index (χ3n) is 3.40. The van der Waals surface area contributed by atoms with Gasteiger partial charge in [0.1, 0.15) is 0 Å². The van der Waals surface area contributed by atoms with E-state index in [-0.39, 0.29) is 11.5 Å². The Morgan fingerprint density at radius 3 is 2.77 bits per heavy atom. The molecule has 0 unspecified atom stereocenters. The number of nitro groups is 1. The van der Waals surface area contributed by atoms with Gasteiger partial charge in [-0.2, -0.15) is 5.10 Å². The standard InChI is InChI=1S/C15H19N5O2/c1-10(2)19-11(3)8-13(12(19)4)9-17-18-15-14(20(21)22)6-5-7-16-15/h5-10H,1-4H3,(H,16,18)/b17-9-. The van der Waals surface area contributed by atoms with E-state index >= 15 is 0 Å². The molecule has 116 valence electrons. The number of hydrazone groups is 1. The molecule has 0 aromatic carbocycles. The summed E-state index contributed by atoms with van der Waals surface area (Å²) >= 11 is 0. The molecule has 22 heavy (non-hydrogen) atoms. The van der Waals surface area contributed by atoms with Crippen LogP contribution >= 0.6 is 0 Å². The number of anilines is 1. The van der Waals surface area contributed by atoms with Crippen molar-refractivity contribution in [2.45, 2.75) is 33.7 Å². The van der Waals surface area contributed by atoms with Crippen molar-refractivity contribution in [3.63, 3.8) is 0 Å². The zero-order valence-corrected chi connectivity index (χ0v) is 13.1. The molecule has 0 saturated carbocycles. The summed E-state index contributed by atoms with van der Waals surface area (Å²) in [6.07, 6.45) is 3.13. The lowest BCUT2D eigenvalue weighted by atomic mass is 10.2. The van der Waals surface area contributed by atoms with E-state index < -0.39 is 4.92 Å². The van der Waals surface area contributed by atoms with Gasteiger partial charge < -0.3 is 4.57 Å². The number of nitrogens with zero attached hydrogens (tertiary/aromatic N) is 4. The second-order valence-corrected chi connectivity index (χ2v) is 5.29. The van der Waals surface area contributed by atoms with E-state index in [1.54, 1.807) is 6.21 Å². The summed E-state index contributed by atoms with van der Waals surface area (Å²) in [5.41, 5.74) is 5.76. The van der Waals surface area contributed by atoms with Crippen LogP contribution in [0.25, 0.3) is 0 Å². The van der Waals surface area contributed by atoms with E-state index in [0.29, 0.717) is 6.04 Å². The van der Waals surface area contributed by atoms with Crippen LogP contribution < -0.4 is 5.43 Å². The van der Waals surface area contributed by atoms with Crippen molar-refractivity contribution in [2.24, 2.45) is 5.10 Å². The van der Waals surface area contributed by atoms with Crippen molar-refractivity contribution in [1.82, 2.24) is 9.55 Å². The van der Waals surface area contributed by atoms with E-state index in [0.717, 1.165) is 17.0 Å². The average Bonchev–Trinajstić information content (AvgIpc) is 2.74. The third-order valence-corrected chi connectivity index (χ3v) is 3.40. The molecule has 0 atom stereocenters. The predicted octanol–water partition coefficient (Wildman–Crippen LogP) is 3.44. The molecule has 0 amide bonds. The van der Waals surface area contributed by atoms with E-state index in [1.165, 1.54) is 18.3 Å². The van der Waals surface area contributed by atoms with Crippen molar-refractivity contribution in [3.05, 3.63) is 51.5 Å². The number of aromatic nitrogens is 2. The summed E-state index contributed by atoms with van der Waals surface area (Å²) in [5, 5.41) is 15.0. The van der Waals surface area contributed by atoms with Gasteiger partial charge in [-0.05, 0) is 39.8 Å². The zero-order chi connectivity index (χ0) is 16.3. The number of aryl methyl sites for hydroxylation is 1. The highest BCUT2D eigenvalue weighted by atomic mass is 16.6. The Morgan fingerprint density at radius 1 is 1.45 bits per heavy atom. The molecular formula is C15H19N5O2. The third kappa shape index (κ3) is 3.13. The molecule has 2 heterocycles. The van der Waals surface area contributed by atoms with Crippen LogP contribution in [0.5, 0.6) is 0 Å². The van der Waals surface area contributed by atoms with Crippen LogP contribution in [0.15, 0.2) is 29.5 Å². The van der Waals surface area contributed by atoms with Crippen molar-refractivity contribution in [3.8, 4) is 0 Å². The van der Waals surface area contributed by atoms with Crippen LogP contribution in [0.1, 0.15) is 36.8 Å². The molecule has 2 aromatic heterocycles. The summed E-state index contributed by atoms with van der Waals surface area (Å²) in [4.78, 5) is 14.3. The molecular weight excluding hydrogens is 282 g/mol. The average molecular weight is 301 g/mol. The number of hydrogen-bond acceptors (Lipinski definition) is 5. The molecule has 0 bridgehead atoms. The maximum absolute atomic E-state index is 10.9. The van der Waals surface area contributed by atoms with Gasteiger partial charge in [0, 0.05) is 35.3 Å². The number of pyridine rings is 1. The minimum Gasteiger partial charge on any atom is -0.346 e. The van der Waals surface area contributed by atoms with E-state index in [9.17, 15) is 10.1 Å². The monoisotopic (exact) mass is 301 g/mol. The Hall–Kier alpha value is -2.70. The van der Waals surface area contributed by atoms with Gasteiger partial charge in [-0.25, -0.2) is 4.98 Å². The van der Waals surface area contributed by atoms with Crippen molar-refractivity contribution < 1.29 is 4.92 Å². The normalized spacial score (nSPS) is 11.3. The Morgan fingerprint density at radius 2 is 2.18 bits per heavy atom. The van der Waals surface area contributed by atoms with Crippen LogP contribution in [0, 0.1) is 24.0 Å². The molecule has 0 fully saturated rings. The molecule has 0 radical (unpaired) electrons. The first-order chi connectivity index (χ1) is 10.4. The fourth-order valence-corrected chi connectivity index (χ4v) is 2.52. The molecule has 2 aromatic rings. The highest BCUT2D eigenvalue weighted by Crippen LogP contribution is 2.21. The van der Waals surface area contributed by atoms with Crippen LogP contribution in [-0.2, 0) is 0 Å². The van der Waals surface area contributed by atoms with Gasteiger partial charge in [-0.15, -0.1) is 0 Å². The van der Waals surface area contributed by atoms with Crippen LogP contribution in [0.3, 0.4) is 0 Å². The molecule has 0 saturated heterocycles. The second-order valence-electron chi connectivity index (χ2n) is 5.29. The van der Waals surface area contributed by atoms with Gasteiger partial charge in [-0.1, -0.05) is 0 Å². The van der Waals surface area contributed by atoms with E-state index in [4.69, 9.17) is 0 Å². The quantitative estimate of drug-likeness (QED) is 0.521. The summed E-state index contributed by atoms with van der Waals surface area (Å²) in [6, 6.07) is 5.30. The second kappa shape index (κ2) is 6.38. The lowest BCUT2D eigenvalue weighted by Gasteiger charge is -2.13. The van der Waals surface area contributed by atoms with Crippen molar-refractivity contribution in [1.29, 1.82) is 0 Å². The molecule has 1 N–H and O–H groups in total. The molecule has 0 spiro atoms. The van der Waals surface area contributed by atoms with E-state index in [1.807, 2.05) is 19.9 Å². The van der Waals surface area contributed by atoms with Crippen molar-refractivity contribution >= 4 is 17.7 Å². The fourth-order valence-electron chi connectivity index (χ4n) is 2.52. The van der Waals surface area contributed by atoms with Gasteiger partial charge in [-0.3, -0.25) is 15.5 Å². The summed E-state index contributed by atoms with van der Waals surface area (Å²) < 4.78 is 2.21. The Bertz CT molecular complexity index is 719. The lowest BCUT2D eigenvalue weighted by molar-refractivity contribution is -0.384. The summed E-state index contributed by atoms with van der Waals surface area (Å²) in [5.74, 6) is 0.126. The Balaban J connectivity index is 2.21. The van der Waals surface area contributed by atoms with Crippen molar-refractivity contribution in [2.75, 3.05) is 5.43 Å². The van der Waals surface area contributed by atoms with Crippen LogP contribution in [0.4, 0.5) is 11.5 Å². The first-order valence-corrected chi connectivity index (χ1v) is 6.98. The first kappa shape index (κ1) is 15.7. The minimum atomic E-state index is -0.491. The number of hydrogen-bond donors (Lipinski definition) is 1. The number of nitrogens with one attached hydrogen (secondary N) is 1. The van der Waals surface area contributed by atoms with E-state index in [2.05, 4.69) is 33.9 Å². The first-order valence-electron chi connectivity index (χ1n) is 6.98. The molecule has 0 aliphatic carbocycles. The molecule has 2 rings (SSSR count).